The van der Waals surface area contributed by atoms with Gasteiger partial charge in [-0.3, -0.25) is 4.68 Å². The van der Waals surface area contributed by atoms with Gasteiger partial charge in [0.25, 0.3) is 0 Å². The van der Waals surface area contributed by atoms with Crippen molar-refractivity contribution in [1.82, 2.24) is 25.0 Å². The second-order valence-electron chi connectivity index (χ2n) is 3.43. The van der Waals surface area contributed by atoms with Crippen molar-refractivity contribution >= 4 is 23.1 Å². The van der Waals surface area contributed by atoms with E-state index >= 15 is 0 Å². The standard InChI is InChI=1S/C9H12ClN7/c1-6-7(11)8(15-9(10)14-6)12-2-4-17-5-3-13-16-17/h3,5H,2,4,11H2,1H3,(H,12,14,15). The van der Waals surface area contributed by atoms with Crippen LogP contribution in [0.4, 0.5) is 11.5 Å². The summed E-state index contributed by atoms with van der Waals surface area (Å²) < 4.78 is 1.71. The maximum atomic E-state index is 5.83. The number of nitrogen functional groups attached to an aromatic ring is 1. The fraction of sp³-hybridized carbons (Fsp3) is 0.333. The fourth-order valence-corrected chi connectivity index (χ4v) is 1.53. The van der Waals surface area contributed by atoms with E-state index in [2.05, 4.69) is 25.6 Å². The van der Waals surface area contributed by atoms with Gasteiger partial charge in [-0.05, 0) is 18.5 Å². The number of nitrogens with zero attached hydrogens (tertiary/aromatic N) is 5. The predicted octanol–water partition coefficient (Wildman–Crippen LogP) is 0.724. The van der Waals surface area contributed by atoms with E-state index < -0.39 is 0 Å². The quantitative estimate of drug-likeness (QED) is 0.780. The summed E-state index contributed by atoms with van der Waals surface area (Å²) >= 11 is 5.76. The first kappa shape index (κ1) is 11.6. The Morgan fingerprint density at radius 1 is 1.47 bits per heavy atom. The molecule has 0 radical (unpaired) electrons. The van der Waals surface area contributed by atoms with Crippen LogP contribution < -0.4 is 11.1 Å². The molecule has 7 nitrogen and oxygen atoms in total. The zero-order valence-corrected chi connectivity index (χ0v) is 10.0. The topological polar surface area (TPSA) is 94.5 Å². The predicted molar refractivity (Wildman–Crippen MR) is 64.7 cm³/mol. The number of hydrogen-bond acceptors (Lipinski definition) is 6. The Kier molecular flexibility index (Phi) is 3.38. The van der Waals surface area contributed by atoms with Gasteiger partial charge in [-0.25, -0.2) is 4.98 Å². The maximum Gasteiger partial charge on any atom is 0.224 e. The van der Waals surface area contributed by atoms with E-state index in [1.807, 2.05) is 0 Å². The number of aromatic nitrogens is 5. The highest BCUT2D eigenvalue weighted by atomic mass is 35.5. The summed E-state index contributed by atoms with van der Waals surface area (Å²) in [4.78, 5) is 7.98. The number of anilines is 2. The van der Waals surface area contributed by atoms with E-state index in [0.29, 0.717) is 30.3 Å². The van der Waals surface area contributed by atoms with Crippen molar-refractivity contribution in [3.8, 4) is 0 Å². The molecule has 17 heavy (non-hydrogen) atoms. The number of nitrogens with two attached hydrogens (primary N) is 1. The van der Waals surface area contributed by atoms with Gasteiger partial charge in [-0.15, -0.1) is 5.10 Å². The lowest BCUT2D eigenvalue weighted by molar-refractivity contribution is 0.608. The summed E-state index contributed by atoms with van der Waals surface area (Å²) in [7, 11) is 0. The van der Waals surface area contributed by atoms with E-state index in [-0.39, 0.29) is 5.28 Å². The van der Waals surface area contributed by atoms with E-state index in [1.165, 1.54) is 0 Å². The lowest BCUT2D eigenvalue weighted by atomic mass is 10.3. The minimum absolute atomic E-state index is 0.181. The summed E-state index contributed by atoms with van der Waals surface area (Å²) in [6, 6.07) is 0. The molecule has 0 aliphatic heterocycles. The van der Waals surface area contributed by atoms with Gasteiger partial charge in [-0.2, -0.15) is 4.98 Å². The molecule has 0 aromatic carbocycles. The second-order valence-corrected chi connectivity index (χ2v) is 3.77. The largest absolute Gasteiger partial charge is 0.394 e. The maximum absolute atomic E-state index is 5.83. The Hall–Kier alpha value is -1.89. The van der Waals surface area contributed by atoms with Crippen LogP contribution in [-0.2, 0) is 6.54 Å². The second kappa shape index (κ2) is 4.96. The third kappa shape index (κ3) is 2.82. The molecule has 2 heterocycles. The number of hydrogen-bond donors (Lipinski definition) is 2. The molecule has 0 aliphatic rings. The minimum atomic E-state index is 0.181. The van der Waals surface area contributed by atoms with Crippen LogP contribution in [0.15, 0.2) is 12.4 Å². The first-order valence-electron chi connectivity index (χ1n) is 5.04. The monoisotopic (exact) mass is 253 g/mol. The van der Waals surface area contributed by atoms with Gasteiger partial charge >= 0.3 is 0 Å². The first-order chi connectivity index (χ1) is 8.16. The van der Waals surface area contributed by atoms with Crippen molar-refractivity contribution in [2.75, 3.05) is 17.6 Å². The summed E-state index contributed by atoms with van der Waals surface area (Å²) in [5.74, 6) is 0.544. The van der Waals surface area contributed by atoms with Gasteiger partial charge in [0.05, 0.1) is 24.1 Å². The number of nitrogens with one attached hydrogen (secondary N) is 1. The molecule has 0 atom stereocenters. The van der Waals surface area contributed by atoms with Crippen molar-refractivity contribution in [2.24, 2.45) is 0 Å². The van der Waals surface area contributed by atoms with Crippen LogP contribution in [-0.4, -0.2) is 31.5 Å². The molecule has 8 heteroatoms. The van der Waals surface area contributed by atoms with Gasteiger partial charge in [-0.1, -0.05) is 5.21 Å². The molecule has 90 valence electrons. The number of aryl methyl sites for hydroxylation is 1. The Morgan fingerprint density at radius 3 is 3.00 bits per heavy atom. The summed E-state index contributed by atoms with van der Waals surface area (Å²) in [6.45, 7) is 3.08. The molecule has 0 amide bonds. The molecule has 2 aromatic rings. The van der Waals surface area contributed by atoms with E-state index in [9.17, 15) is 0 Å². The number of halogens is 1. The SMILES string of the molecule is Cc1nc(Cl)nc(NCCn2ccnn2)c1N. The summed E-state index contributed by atoms with van der Waals surface area (Å²) in [5.41, 5.74) is 7.00. The Labute approximate surface area is 103 Å². The zero-order chi connectivity index (χ0) is 12.3. The Bertz CT molecular complexity index is 496. The molecule has 0 saturated heterocycles. The minimum Gasteiger partial charge on any atom is -0.394 e. The van der Waals surface area contributed by atoms with Gasteiger partial charge in [0.2, 0.25) is 5.28 Å². The molecular weight excluding hydrogens is 242 g/mol. The highest BCUT2D eigenvalue weighted by Gasteiger charge is 2.06. The van der Waals surface area contributed by atoms with Crippen molar-refractivity contribution in [3.63, 3.8) is 0 Å². The van der Waals surface area contributed by atoms with E-state index in [0.717, 1.165) is 0 Å². The highest BCUT2D eigenvalue weighted by molar-refractivity contribution is 6.28. The van der Waals surface area contributed by atoms with E-state index in [1.54, 1.807) is 24.0 Å². The van der Waals surface area contributed by atoms with Crippen LogP contribution in [0, 0.1) is 6.92 Å². The fourth-order valence-electron chi connectivity index (χ4n) is 1.32. The van der Waals surface area contributed by atoms with Crippen LogP contribution in [0.1, 0.15) is 5.69 Å². The molecule has 0 aliphatic carbocycles. The third-order valence-electron chi connectivity index (χ3n) is 2.21. The average molecular weight is 254 g/mol. The molecule has 0 spiro atoms. The smallest absolute Gasteiger partial charge is 0.224 e. The molecular formula is C9H12ClN7. The van der Waals surface area contributed by atoms with Crippen LogP contribution in [0.25, 0.3) is 0 Å². The van der Waals surface area contributed by atoms with Crippen LogP contribution in [0.2, 0.25) is 5.28 Å². The molecule has 0 bridgehead atoms. The summed E-state index contributed by atoms with van der Waals surface area (Å²) in [5, 5.41) is 10.8. The third-order valence-corrected chi connectivity index (χ3v) is 2.38. The van der Waals surface area contributed by atoms with Crippen molar-refractivity contribution < 1.29 is 0 Å². The van der Waals surface area contributed by atoms with Crippen molar-refractivity contribution in [3.05, 3.63) is 23.4 Å². The molecule has 3 N–H and O–H groups in total. The zero-order valence-electron chi connectivity index (χ0n) is 9.26. The highest BCUT2D eigenvalue weighted by Crippen LogP contribution is 2.20. The molecule has 2 aromatic heterocycles. The Balaban J connectivity index is 1.99. The van der Waals surface area contributed by atoms with Gasteiger partial charge in [0.15, 0.2) is 5.82 Å². The molecule has 0 fully saturated rings. The van der Waals surface area contributed by atoms with E-state index in [4.69, 9.17) is 17.3 Å². The molecule has 0 saturated carbocycles. The van der Waals surface area contributed by atoms with Crippen LogP contribution >= 0.6 is 11.6 Å². The Morgan fingerprint density at radius 2 is 2.29 bits per heavy atom. The average Bonchev–Trinajstić information content (AvgIpc) is 2.78. The van der Waals surface area contributed by atoms with Crippen LogP contribution in [0.5, 0.6) is 0 Å². The van der Waals surface area contributed by atoms with Gasteiger partial charge in [0, 0.05) is 12.7 Å². The summed E-state index contributed by atoms with van der Waals surface area (Å²) in [6.07, 6.45) is 3.41. The first-order valence-corrected chi connectivity index (χ1v) is 5.42. The van der Waals surface area contributed by atoms with Crippen molar-refractivity contribution in [1.29, 1.82) is 0 Å². The molecule has 0 unspecified atom stereocenters. The normalized spacial score (nSPS) is 10.5. The van der Waals surface area contributed by atoms with Gasteiger partial charge < -0.3 is 11.1 Å². The van der Waals surface area contributed by atoms with Gasteiger partial charge in [0.1, 0.15) is 0 Å². The lowest BCUT2D eigenvalue weighted by Crippen LogP contribution is -2.14. The molecule has 2 rings (SSSR count). The number of rotatable bonds is 4. The van der Waals surface area contributed by atoms with Crippen LogP contribution in [0.3, 0.4) is 0 Å². The lowest BCUT2D eigenvalue weighted by Gasteiger charge is -2.09. The van der Waals surface area contributed by atoms with Crippen molar-refractivity contribution in [2.45, 2.75) is 13.5 Å².